The fraction of sp³-hybridized carbons (Fsp3) is 0.667. The molecule has 13 heavy (non-hydrogen) atoms. The summed E-state index contributed by atoms with van der Waals surface area (Å²) < 4.78 is 5.16. The van der Waals surface area contributed by atoms with Gasteiger partial charge in [-0.15, -0.1) is 0 Å². The topological polar surface area (TPSA) is 66.8 Å². The number of allylic oxidation sites excluding steroid dienone is 1. The summed E-state index contributed by atoms with van der Waals surface area (Å²) in [6, 6.07) is 0. The van der Waals surface area contributed by atoms with E-state index in [1.807, 2.05) is 0 Å². The highest BCUT2D eigenvalue weighted by Crippen LogP contribution is 2.32. The van der Waals surface area contributed by atoms with Gasteiger partial charge in [-0.2, -0.15) is 0 Å². The maximum absolute atomic E-state index is 11.4. The van der Waals surface area contributed by atoms with Crippen LogP contribution in [0.25, 0.3) is 0 Å². The number of Topliss-reactive ketones (excluding diaryl/α,β-unsaturated/α-hetero) is 1. The molecule has 0 amide bonds. The third-order valence-corrected chi connectivity index (χ3v) is 2.39. The quantitative estimate of drug-likeness (QED) is 0.672. The molecule has 0 bridgehead atoms. The fourth-order valence-corrected chi connectivity index (χ4v) is 1.42. The van der Waals surface area contributed by atoms with Crippen molar-refractivity contribution in [3.05, 3.63) is 11.5 Å². The molecule has 0 saturated carbocycles. The van der Waals surface area contributed by atoms with Crippen LogP contribution in [-0.4, -0.2) is 27.7 Å². The van der Waals surface area contributed by atoms with Crippen LogP contribution in [0.15, 0.2) is 11.5 Å². The smallest absolute Gasteiger partial charge is 0.246 e. The van der Waals surface area contributed by atoms with Crippen LogP contribution in [0.2, 0.25) is 0 Å². The van der Waals surface area contributed by atoms with Crippen molar-refractivity contribution in [2.75, 3.05) is 0 Å². The summed E-state index contributed by atoms with van der Waals surface area (Å²) in [7, 11) is 0. The maximum atomic E-state index is 11.4. The molecule has 0 spiro atoms. The summed E-state index contributed by atoms with van der Waals surface area (Å²) in [5, 5.41) is 18.8. The van der Waals surface area contributed by atoms with Crippen molar-refractivity contribution in [1.29, 1.82) is 0 Å². The molecule has 74 valence electrons. The van der Waals surface area contributed by atoms with Gasteiger partial charge < -0.3 is 14.9 Å². The molecule has 4 heteroatoms. The van der Waals surface area contributed by atoms with E-state index in [4.69, 9.17) is 4.74 Å². The van der Waals surface area contributed by atoms with Gasteiger partial charge in [-0.05, 0) is 20.3 Å². The van der Waals surface area contributed by atoms with Gasteiger partial charge in [0.1, 0.15) is 11.9 Å². The Balaban J connectivity index is 2.95. The molecule has 0 aromatic heterocycles. The van der Waals surface area contributed by atoms with Gasteiger partial charge in [-0.3, -0.25) is 4.79 Å². The van der Waals surface area contributed by atoms with Gasteiger partial charge in [-0.1, -0.05) is 6.92 Å². The number of aliphatic hydroxyl groups excluding tert-OH is 2. The number of carbonyl (C=O) groups excluding carboxylic acids is 1. The lowest BCUT2D eigenvalue weighted by molar-refractivity contribution is -0.142. The molecular formula is C9H14O4. The summed E-state index contributed by atoms with van der Waals surface area (Å²) in [6.07, 6.45) is -0.484. The van der Waals surface area contributed by atoms with Gasteiger partial charge >= 0.3 is 0 Å². The molecule has 0 fully saturated rings. The van der Waals surface area contributed by atoms with Crippen LogP contribution < -0.4 is 0 Å². The lowest BCUT2D eigenvalue weighted by Crippen LogP contribution is -2.45. The molecule has 1 aliphatic heterocycles. The molecule has 4 nitrogen and oxygen atoms in total. The van der Waals surface area contributed by atoms with Crippen LogP contribution in [0.5, 0.6) is 0 Å². The molecule has 0 aliphatic carbocycles. The van der Waals surface area contributed by atoms with E-state index in [1.54, 1.807) is 6.92 Å². The lowest BCUT2D eigenvalue weighted by Gasteiger charge is -2.27. The van der Waals surface area contributed by atoms with Crippen molar-refractivity contribution in [3.8, 4) is 0 Å². The Hall–Kier alpha value is -1.03. The largest absolute Gasteiger partial charge is 0.502 e. The highest BCUT2D eigenvalue weighted by atomic mass is 16.5. The Morgan fingerprint density at radius 3 is 2.46 bits per heavy atom. The Labute approximate surface area is 76.8 Å². The summed E-state index contributed by atoms with van der Waals surface area (Å²) in [5.74, 6) is -0.741. The molecule has 1 heterocycles. The highest BCUT2D eigenvalue weighted by Gasteiger charge is 2.49. The van der Waals surface area contributed by atoms with Crippen LogP contribution in [0.1, 0.15) is 27.2 Å². The summed E-state index contributed by atoms with van der Waals surface area (Å²) in [5.41, 5.74) is -1.30. The Bertz CT molecular complexity index is 269. The number of ether oxygens (including phenoxy) is 1. The number of rotatable bonds is 2. The van der Waals surface area contributed by atoms with Gasteiger partial charge in [0.2, 0.25) is 11.5 Å². The molecule has 2 atom stereocenters. The van der Waals surface area contributed by atoms with Gasteiger partial charge in [0.15, 0.2) is 5.60 Å². The minimum Gasteiger partial charge on any atom is -0.502 e. The molecule has 0 aromatic rings. The minimum absolute atomic E-state index is 0.181. The van der Waals surface area contributed by atoms with E-state index in [2.05, 4.69) is 0 Å². The number of aliphatic hydroxyl groups is 2. The van der Waals surface area contributed by atoms with E-state index >= 15 is 0 Å². The Morgan fingerprint density at radius 1 is 1.62 bits per heavy atom. The maximum Gasteiger partial charge on any atom is 0.246 e. The van der Waals surface area contributed by atoms with E-state index < -0.39 is 17.5 Å². The van der Waals surface area contributed by atoms with Crippen LogP contribution in [-0.2, 0) is 9.53 Å². The molecule has 2 unspecified atom stereocenters. The van der Waals surface area contributed by atoms with E-state index in [0.717, 1.165) is 0 Å². The van der Waals surface area contributed by atoms with Gasteiger partial charge in [0.05, 0.1) is 0 Å². The Kier molecular flexibility index (Phi) is 2.34. The summed E-state index contributed by atoms with van der Waals surface area (Å²) >= 11 is 0. The number of carbonyl (C=O) groups is 1. The van der Waals surface area contributed by atoms with Crippen molar-refractivity contribution in [3.63, 3.8) is 0 Å². The first-order valence-corrected chi connectivity index (χ1v) is 4.25. The molecule has 1 rings (SSSR count). The average molecular weight is 186 g/mol. The second-order valence-electron chi connectivity index (χ2n) is 3.37. The molecule has 2 N–H and O–H groups in total. The van der Waals surface area contributed by atoms with Crippen molar-refractivity contribution < 1.29 is 19.7 Å². The number of hydrogen-bond acceptors (Lipinski definition) is 4. The van der Waals surface area contributed by atoms with Crippen LogP contribution in [0.4, 0.5) is 0 Å². The second-order valence-corrected chi connectivity index (χ2v) is 3.37. The van der Waals surface area contributed by atoms with Crippen LogP contribution in [0, 0.1) is 0 Å². The minimum atomic E-state index is -1.30. The third kappa shape index (κ3) is 1.31. The average Bonchev–Trinajstić information content (AvgIpc) is 2.30. The molecule has 0 aromatic carbocycles. The number of ketones is 1. The molecular weight excluding hydrogens is 172 g/mol. The normalized spacial score (nSPS) is 30.6. The zero-order chi connectivity index (χ0) is 10.2. The predicted octanol–water partition coefficient (Wildman–Crippen LogP) is 0.905. The first-order valence-electron chi connectivity index (χ1n) is 4.25. The second kappa shape index (κ2) is 3.03. The van der Waals surface area contributed by atoms with Gasteiger partial charge in [0.25, 0.3) is 0 Å². The molecule has 1 aliphatic rings. The first kappa shape index (κ1) is 10.1. The zero-order valence-electron chi connectivity index (χ0n) is 8.00. The SMILES string of the molecule is CCC(O)C1(C)OC(C)=C(O)C1=O. The van der Waals surface area contributed by atoms with Crippen LogP contribution in [0.3, 0.4) is 0 Å². The Morgan fingerprint density at radius 2 is 2.15 bits per heavy atom. The molecule has 0 saturated heterocycles. The van der Waals surface area contributed by atoms with Crippen molar-refractivity contribution >= 4 is 5.78 Å². The monoisotopic (exact) mass is 186 g/mol. The summed E-state index contributed by atoms with van der Waals surface area (Å²) in [4.78, 5) is 11.4. The predicted molar refractivity (Wildman–Crippen MR) is 46.1 cm³/mol. The van der Waals surface area contributed by atoms with Crippen molar-refractivity contribution in [2.24, 2.45) is 0 Å². The van der Waals surface area contributed by atoms with Gasteiger partial charge in [0, 0.05) is 0 Å². The van der Waals surface area contributed by atoms with Crippen molar-refractivity contribution in [2.45, 2.75) is 38.9 Å². The summed E-state index contributed by atoms with van der Waals surface area (Å²) in [6.45, 7) is 4.73. The molecule has 0 radical (unpaired) electrons. The van der Waals surface area contributed by atoms with Crippen molar-refractivity contribution in [1.82, 2.24) is 0 Å². The first-order chi connectivity index (χ1) is 5.93. The highest BCUT2D eigenvalue weighted by molar-refractivity contribution is 6.02. The van der Waals surface area contributed by atoms with E-state index in [9.17, 15) is 15.0 Å². The van der Waals surface area contributed by atoms with E-state index in [1.165, 1.54) is 13.8 Å². The van der Waals surface area contributed by atoms with Gasteiger partial charge in [-0.25, -0.2) is 0 Å². The zero-order valence-corrected chi connectivity index (χ0v) is 8.00. The fourth-order valence-electron chi connectivity index (χ4n) is 1.42. The number of hydrogen-bond donors (Lipinski definition) is 2. The third-order valence-electron chi connectivity index (χ3n) is 2.39. The van der Waals surface area contributed by atoms with Crippen LogP contribution >= 0.6 is 0 Å². The van der Waals surface area contributed by atoms with E-state index in [0.29, 0.717) is 6.42 Å². The van der Waals surface area contributed by atoms with E-state index in [-0.39, 0.29) is 11.5 Å². The standard InChI is InChI=1S/C9H14O4/c1-4-6(10)9(3)8(12)7(11)5(2)13-9/h6,10-11H,4H2,1-3H3. The lowest BCUT2D eigenvalue weighted by atomic mass is 9.92.